The van der Waals surface area contributed by atoms with Crippen molar-refractivity contribution < 1.29 is 4.74 Å². The molecule has 0 aliphatic carbocycles. The Morgan fingerprint density at radius 3 is 2.88 bits per heavy atom. The minimum absolute atomic E-state index is 0.0372. The van der Waals surface area contributed by atoms with Crippen molar-refractivity contribution in [2.45, 2.75) is 13.0 Å². The van der Waals surface area contributed by atoms with E-state index in [0.29, 0.717) is 11.6 Å². The maximum atomic E-state index is 5.90. The maximum Gasteiger partial charge on any atom is 0.198 e. The van der Waals surface area contributed by atoms with Crippen LogP contribution < -0.4 is 10.1 Å². The largest absolute Gasteiger partial charge is 0.490 e. The minimum atomic E-state index is -0.0372. The van der Waals surface area contributed by atoms with E-state index in [1.165, 1.54) is 13.4 Å². The molecule has 0 aliphatic heterocycles. The number of anilines is 1. The van der Waals surface area contributed by atoms with E-state index in [4.69, 9.17) is 16.3 Å². The summed E-state index contributed by atoms with van der Waals surface area (Å²) in [7, 11) is 1.52. The van der Waals surface area contributed by atoms with Gasteiger partial charge in [0, 0.05) is 12.4 Å². The van der Waals surface area contributed by atoms with E-state index < -0.39 is 0 Å². The summed E-state index contributed by atoms with van der Waals surface area (Å²) in [6, 6.07) is -0.0372. The van der Waals surface area contributed by atoms with Crippen LogP contribution in [-0.4, -0.2) is 27.0 Å². The second kappa shape index (κ2) is 5.01. The van der Waals surface area contributed by atoms with Crippen LogP contribution in [0.4, 0.5) is 5.82 Å². The number of hydrogen-bond donors (Lipinski definition) is 2. The standard InChI is InChI=1S/C10H12ClN5O/c1-6(9-12-3-4-13-9)16-10-7(17-2)8(11)14-5-15-10/h3-6H,1-2H3,(H,12,13)(H,14,15,16). The van der Waals surface area contributed by atoms with Crippen molar-refractivity contribution in [3.05, 3.63) is 29.7 Å². The molecule has 1 unspecified atom stereocenters. The Hall–Kier alpha value is -1.82. The van der Waals surface area contributed by atoms with Crippen LogP contribution in [0.3, 0.4) is 0 Å². The zero-order chi connectivity index (χ0) is 12.3. The van der Waals surface area contributed by atoms with Crippen LogP contribution >= 0.6 is 11.6 Å². The van der Waals surface area contributed by atoms with Gasteiger partial charge in [0.25, 0.3) is 0 Å². The SMILES string of the molecule is COc1c(Cl)ncnc1NC(C)c1ncc[nH]1. The molecule has 2 heterocycles. The van der Waals surface area contributed by atoms with E-state index >= 15 is 0 Å². The van der Waals surface area contributed by atoms with E-state index in [2.05, 4.69) is 25.3 Å². The van der Waals surface area contributed by atoms with Gasteiger partial charge in [0.1, 0.15) is 12.2 Å². The Balaban J connectivity index is 2.21. The highest BCUT2D eigenvalue weighted by atomic mass is 35.5. The highest BCUT2D eigenvalue weighted by Crippen LogP contribution is 2.30. The van der Waals surface area contributed by atoms with Gasteiger partial charge in [0.05, 0.1) is 13.2 Å². The Labute approximate surface area is 103 Å². The summed E-state index contributed by atoms with van der Waals surface area (Å²) in [6.45, 7) is 1.95. The number of methoxy groups -OCH3 is 1. The summed E-state index contributed by atoms with van der Waals surface area (Å²) in [6.07, 6.45) is 4.83. The molecule has 0 aliphatic rings. The smallest absolute Gasteiger partial charge is 0.198 e. The van der Waals surface area contributed by atoms with Gasteiger partial charge < -0.3 is 15.0 Å². The Morgan fingerprint density at radius 2 is 2.24 bits per heavy atom. The van der Waals surface area contributed by atoms with Crippen LogP contribution in [0, 0.1) is 0 Å². The van der Waals surface area contributed by atoms with E-state index in [-0.39, 0.29) is 11.2 Å². The van der Waals surface area contributed by atoms with Gasteiger partial charge in [-0.15, -0.1) is 0 Å². The zero-order valence-electron chi connectivity index (χ0n) is 9.44. The van der Waals surface area contributed by atoms with Gasteiger partial charge >= 0.3 is 0 Å². The van der Waals surface area contributed by atoms with Crippen molar-refractivity contribution in [2.75, 3.05) is 12.4 Å². The molecule has 6 nitrogen and oxygen atoms in total. The lowest BCUT2D eigenvalue weighted by Crippen LogP contribution is -2.11. The summed E-state index contributed by atoms with van der Waals surface area (Å²) in [5.41, 5.74) is 0. The molecule has 0 saturated carbocycles. The predicted octanol–water partition coefficient (Wildman–Crippen LogP) is 2.03. The number of aromatic amines is 1. The first kappa shape index (κ1) is 11.7. The normalized spacial score (nSPS) is 12.2. The molecule has 90 valence electrons. The maximum absolute atomic E-state index is 5.90. The lowest BCUT2D eigenvalue weighted by atomic mass is 10.3. The molecular formula is C10H12ClN5O. The molecule has 0 bridgehead atoms. The average molecular weight is 254 g/mol. The molecule has 0 saturated heterocycles. The van der Waals surface area contributed by atoms with Crippen molar-refractivity contribution in [3.63, 3.8) is 0 Å². The first-order valence-electron chi connectivity index (χ1n) is 5.02. The van der Waals surface area contributed by atoms with Crippen LogP contribution in [0.1, 0.15) is 18.8 Å². The van der Waals surface area contributed by atoms with Crippen molar-refractivity contribution in [3.8, 4) is 5.75 Å². The van der Waals surface area contributed by atoms with Crippen LogP contribution in [-0.2, 0) is 0 Å². The van der Waals surface area contributed by atoms with Crippen molar-refractivity contribution in [1.82, 2.24) is 19.9 Å². The topological polar surface area (TPSA) is 75.7 Å². The van der Waals surface area contributed by atoms with Crippen LogP contribution in [0.2, 0.25) is 5.15 Å². The summed E-state index contributed by atoms with van der Waals surface area (Å²) >= 11 is 5.90. The Kier molecular flexibility index (Phi) is 3.43. The number of aromatic nitrogens is 4. The molecule has 0 aromatic carbocycles. The molecular weight excluding hydrogens is 242 g/mol. The fraction of sp³-hybridized carbons (Fsp3) is 0.300. The molecule has 0 spiro atoms. The fourth-order valence-electron chi connectivity index (χ4n) is 1.42. The monoisotopic (exact) mass is 253 g/mol. The van der Waals surface area contributed by atoms with Crippen molar-refractivity contribution >= 4 is 17.4 Å². The van der Waals surface area contributed by atoms with Gasteiger partial charge in [0.15, 0.2) is 16.7 Å². The van der Waals surface area contributed by atoms with Gasteiger partial charge in [-0.1, -0.05) is 11.6 Å². The third kappa shape index (κ3) is 2.47. The first-order valence-corrected chi connectivity index (χ1v) is 5.40. The van der Waals surface area contributed by atoms with Crippen LogP contribution in [0.5, 0.6) is 5.75 Å². The summed E-state index contributed by atoms with van der Waals surface area (Å²) < 4.78 is 5.14. The van der Waals surface area contributed by atoms with E-state index in [0.717, 1.165) is 5.82 Å². The van der Waals surface area contributed by atoms with E-state index in [9.17, 15) is 0 Å². The van der Waals surface area contributed by atoms with Gasteiger partial charge in [0.2, 0.25) is 0 Å². The van der Waals surface area contributed by atoms with Gasteiger partial charge in [-0.2, -0.15) is 0 Å². The molecule has 17 heavy (non-hydrogen) atoms. The third-order valence-electron chi connectivity index (χ3n) is 2.25. The van der Waals surface area contributed by atoms with Crippen LogP contribution in [0.15, 0.2) is 18.7 Å². The Morgan fingerprint density at radius 1 is 1.41 bits per heavy atom. The number of H-pyrrole nitrogens is 1. The Bertz CT molecular complexity index is 487. The number of nitrogens with one attached hydrogen (secondary N) is 2. The average Bonchev–Trinajstić information content (AvgIpc) is 2.82. The van der Waals surface area contributed by atoms with Gasteiger partial charge in [-0.3, -0.25) is 0 Å². The summed E-state index contributed by atoms with van der Waals surface area (Å²) in [5.74, 6) is 1.77. The number of imidazole rings is 1. The van der Waals surface area contributed by atoms with E-state index in [1.54, 1.807) is 12.4 Å². The summed E-state index contributed by atoms with van der Waals surface area (Å²) in [4.78, 5) is 15.1. The lowest BCUT2D eigenvalue weighted by molar-refractivity contribution is 0.412. The molecule has 0 radical (unpaired) electrons. The second-order valence-corrected chi connectivity index (χ2v) is 3.74. The van der Waals surface area contributed by atoms with Crippen molar-refractivity contribution in [1.29, 1.82) is 0 Å². The zero-order valence-corrected chi connectivity index (χ0v) is 10.2. The fourth-order valence-corrected chi connectivity index (χ4v) is 1.63. The number of halogens is 1. The van der Waals surface area contributed by atoms with Gasteiger partial charge in [-0.25, -0.2) is 15.0 Å². The highest BCUT2D eigenvalue weighted by molar-refractivity contribution is 6.31. The third-order valence-corrected chi connectivity index (χ3v) is 2.52. The van der Waals surface area contributed by atoms with E-state index in [1.807, 2.05) is 6.92 Å². The first-order chi connectivity index (χ1) is 8.22. The molecule has 2 aromatic rings. The van der Waals surface area contributed by atoms with Gasteiger partial charge in [-0.05, 0) is 6.92 Å². The molecule has 7 heteroatoms. The second-order valence-electron chi connectivity index (χ2n) is 3.39. The number of rotatable bonds is 4. The number of nitrogens with zero attached hydrogens (tertiary/aromatic N) is 3. The van der Waals surface area contributed by atoms with Crippen molar-refractivity contribution in [2.24, 2.45) is 0 Å². The molecule has 2 aromatic heterocycles. The van der Waals surface area contributed by atoms with Crippen LogP contribution in [0.25, 0.3) is 0 Å². The molecule has 0 amide bonds. The molecule has 1 atom stereocenters. The quantitative estimate of drug-likeness (QED) is 0.816. The molecule has 2 N–H and O–H groups in total. The predicted molar refractivity (Wildman–Crippen MR) is 64.2 cm³/mol. The minimum Gasteiger partial charge on any atom is -0.490 e. The number of hydrogen-bond acceptors (Lipinski definition) is 5. The summed E-state index contributed by atoms with van der Waals surface area (Å²) in [5, 5.41) is 3.42. The highest BCUT2D eigenvalue weighted by Gasteiger charge is 2.14. The lowest BCUT2D eigenvalue weighted by Gasteiger charge is -2.14. The number of ether oxygens (including phenoxy) is 1. The molecule has 2 rings (SSSR count). The molecule has 0 fully saturated rings.